The molecule has 2 atom stereocenters. The summed E-state index contributed by atoms with van der Waals surface area (Å²) in [6, 6.07) is 0.0688. The van der Waals surface area contributed by atoms with Crippen LogP contribution < -0.4 is 5.32 Å². The van der Waals surface area contributed by atoms with E-state index in [1.165, 1.54) is 25.7 Å². The molecule has 0 radical (unpaired) electrons. The molecule has 1 heterocycles. The average Bonchev–Trinajstić information content (AvgIpc) is 2.88. The molecule has 2 fully saturated rings. The Labute approximate surface area is 105 Å². The SMILES string of the molecule is CCC1NC(C2CCCC2)N(CC(C)C)C1=O. The van der Waals surface area contributed by atoms with Gasteiger partial charge in [0.2, 0.25) is 5.91 Å². The minimum absolute atomic E-state index is 0.0688. The van der Waals surface area contributed by atoms with Gasteiger partial charge in [-0.1, -0.05) is 33.6 Å². The summed E-state index contributed by atoms with van der Waals surface area (Å²) in [7, 11) is 0. The first-order chi connectivity index (χ1) is 8.13. The van der Waals surface area contributed by atoms with Gasteiger partial charge in [0.15, 0.2) is 0 Å². The third-order valence-corrected chi connectivity index (χ3v) is 4.11. The van der Waals surface area contributed by atoms with Gasteiger partial charge >= 0.3 is 0 Å². The number of hydrogen-bond donors (Lipinski definition) is 1. The van der Waals surface area contributed by atoms with Gasteiger partial charge in [-0.15, -0.1) is 0 Å². The Bertz CT molecular complexity index is 271. The largest absolute Gasteiger partial charge is 0.325 e. The molecule has 0 bridgehead atoms. The summed E-state index contributed by atoms with van der Waals surface area (Å²) in [6.45, 7) is 7.39. The standard InChI is InChI=1S/C14H26N2O/c1-4-12-14(17)16(9-10(2)3)13(15-12)11-7-5-6-8-11/h10-13,15H,4-9H2,1-3H3. The number of carbonyl (C=O) groups excluding carboxylic acids is 1. The van der Waals surface area contributed by atoms with Crippen molar-refractivity contribution in [2.75, 3.05) is 6.54 Å². The number of carbonyl (C=O) groups is 1. The van der Waals surface area contributed by atoms with Crippen LogP contribution in [0.5, 0.6) is 0 Å². The molecule has 2 unspecified atom stereocenters. The van der Waals surface area contributed by atoms with E-state index in [0.717, 1.165) is 13.0 Å². The summed E-state index contributed by atoms with van der Waals surface area (Å²) in [5.41, 5.74) is 0. The Morgan fingerprint density at radius 3 is 2.53 bits per heavy atom. The Kier molecular flexibility index (Phi) is 4.08. The molecule has 1 aliphatic carbocycles. The van der Waals surface area contributed by atoms with Crippen LogP contribution in [-0.2, 0) is 4.79 Å². The highest BCUT2D eigenvalue weighted by Crippen LogP contribution is 2.32. The van der Waals surface area contributed by atoms with Crippen molar-refractivity contribution in [2.24, 2.45) is 11.8 Å². The van der Waals surface area contributed by atoms with Crippen LogP contribution in [0.3, 0.4) is 0 Å². The lowest BCUT2D eigenvalue weighted by molar-refractivity contribution is -0.131. The van der Waals surface area contributed by atoms with Crippen molar-refractivity contribution in [1.82, 2.24) is 10.2 Å². The van der Waals surface area contributed by atoms with Gasteiger partial charge in [-0.2, -0.15) is 0 Å². The number of rotatable bonds is 4. The maximum Gasteiger partial charge on any atom is 0.241 e. The van der Waals surface area contributed by atoms with Crippen LogP contribution in [0.4, 0.5) is 0 Å². The summed E-state index contributed by atoms with van der Waals surface area (Å²) in [5, 5.41) is 3.56. The first kappa shape index (κ1) is 12.9. The van der Waals surface area contributed by atoms with Gasteiger partial charge in [0.25, 0.3) is 0 Å². The predicted molar refractivity (Wildman–Crippen MR) is 69.5 cm³/mol. The van der Waals surface area contributed by atoms with Crippen molar-refractivity contribution in [2.45, 2.75) is 65.1 Å². The minimum Gasteiger partial charge on any atom is -0.325 e. The predicted octanol–water partition coefficient (Wildman–Crippen LogP) is 2.37. The van der Waals surface area contributed by atoms with Crippen molar-refractivity contribution in [3.05, 3.63) is 0 Å². The van der Waals surface area contributed by atoms with Crippen LogP contribution in [0, 0.1) is 11.8 Å². The van der Waals surface area contributed by atoms with E-state index in [1.54, 1.807) is 0 Å². The summed E-state index contributed by atoms with van der Waals surface area (Å²) >= 11 is 0. The maximum atomic E-state index is 12.3. The molecular weight excluding hydrogens is 212 g/mol. The molecule has 1 saturated carbocycles. The summed E-state index contributed by atoms with van der Waals surface area (Å²) in [4.78, 5) is 14.4. The van der Waals surface area contributed by atoms with Gasteiger partial charge < -0.3 is 4.90 Å². The molecule has 2 rings (SSSR count). The minimum atomic E-state index is 0.0688. The number of nitrogens with one attached hydrogen (secondary N) is 1. The molecule has 1 saturated heterocycles. The molecule has 98 valence electrons. The van der Waals surface area contributed by atoms with Gasteiger partial charge in [0.1, 0.15) is 0 Å². The van der Waals surface area contributed by atoms with Crippen molar-refractivity contribution in [1.29, 1.82) is 0 Å². The molecule has 0 aromatic rings. The Morgan fingerprint density at radius 2 is 2.00 bits per heavy atom. The number of hydrogen-bond acceptors (Lipinski definition) is 2. The quantitative estimate of drug-likeness (QED) is 0.815. The first-order valence-electron chi connectivity index (χ1n) is 7.20. The van der Waals surface area contributed by atoms with Crippen molar-refractivity contribution in [3.63, 3.8) is 0 Å². The Morgan fingerprint density at radius 1 is 1.35 bits per heavy atom. The maximum absolute atomic E-state index is 12.3. The first-order valence-corrected chi connectivity index (χ1v) is 7.20. The van der Waals surface area contributed by atoms with Crippen molar-refractivity contribution < 1.29 is 4.79 Å². The van der Waals surface area contributed by atoms with Crippen LogP contribution in [0.15, 0.2) is 0 Å². The van der Waals surface area contributed by atoms with Gasteiger partial charge in [0, 0.05) is 6.54 Å². The van der Waals surface area contributed by atoms with Crippen molar-refractivity contribution in [3.8, 4) is 0 Å². The molecule has 3 nitrogen and oxygen atoms in total. The third-order valence-electron chi connectivity index (χ3n) is 4.11. The van der Waals surface area contributed by atoms with Gasteiger partial charge in [-0.05, 0) is 31.1 Å². The van der Waals surface area contributed by atoms with Gasteiger partial charge in [-0.25, -0.2) is 0 Å². The topological polar surface area (TPSA) is 32.3 Å². The summed E-state index contributed by atoms with van der Waals surface area (Å²) in [5.74, 6) is 1.58. The highest BCUT2D eigenvalue weighted by atomic mass is 16.2. The molecule has 3 heteroatoms. The number of nitrogens with zero attached hydrogens (tertiary/aromatic N) is 1. The molecule has 17 heavy (non-hydrogen) atoms. The van der Waals surface area contributed by atoms with Crippen LogP contribution in [-0.4, -0.2) is 29.6 Å². The second-order valence-electron chi connectivity index (χ2n) is 6.00. The zero-order chi connectivity index (χ0) is 12.4. The third kappa shape index (κ3) is 2.65. The van der Waals surface area contributed by atoms with Gasteiger partial charge in [-0.3, -0.25) is 10.1 Å². The summed E-state index contributed by atoms with van der Waals surface area (Å²) < 4.78 is 0. The fraction of sp³-hybridized carbons (Fsp3) is 0.929. The zero-order valence-electron chi connectivity index (χ0n) is 11.4. The van der Waals surface area contributed by atoms with Crippen molar-refractivity contribution >= 4 is 5.91 Å². The zero-order valence-corrected chi connectivity index (χ0v) is 11.4. The Hall–Kier alpha value is -0.570. The second-order valence-corrected chi connectivity index (χ2v) is 6.00. The lowest BCUT2D eigenvalue weighted by Gasteiger charge is -2.30. The molecule has 0 aromatic carbocycles. The van der Waals surface area contributed by atoms with Crippen LogP contribution >= 0.6 is 0 Å². The molecule has 1 aliphatic heterocycles. The molecular formula is C14H26N2O. The lowest BCUT2D eigenvalue weighted by Crippen LogP contribution is -2.44. The normalized spacial score (nSPS) is 30.8. The van der Waals surface area contributed by atoms with Gasteiger partial charge in [0.05, 0.1) is 12.2 Å². The fourth-order valence-electron chi connectivity index (χ4n) is 3.26. The molecule has 0 aromatic heterocycles. The highest BCUT2D eigenvalue weighted by molar-refractivity contribution is 5.84. The van der Waals surface area contributed by atoms with E-state index >= 15 is 0 Å². The highest BCUT2D eigenvalue weighted by Gasteiger charge is 2.42. The van der Waals surface area contributed by atoms with E-state index in [2.05, 4.69) is 31.0 Å². The van der Waals surface area contributed by atoms with Crippen LogP contribution in [0.25, 0.3) is 0 Å². The monoisotopic (exact) mass is 238 g/mol. The molecule has 1 N–H and O–H groups in total. The molecule has 1 amide bonds. The van der Waals surface area contributed by atoms with Crippen LogP contribution in [0.2, 0.25) is 0 Å². The fourth-order valence-corrected chi connectivity index (χ4v) is 3.26. The number of amides is 1. The van der Waals surface area contributed by atoms with E-state index in [-0.39, 0.29) is 6.04 Å². The van der Waals surface area contributed by atoms with E-state index in [1.807, 2.05) is 0 Å². The van der Waals surface area contributed by atoms with E-state index in [0.29, 0.717) is 23.9 Å². The van der Waals surface area contributed by atoms with E-state index in [9.17, 15) is 4.79 Å². The van der Waals surface area contributed by atoms with Crippen LogP contribution in [0.1, 0.15) is 52.9 Å². The summed E-state index contributed by atoms with van der Waals surface area (Å²) in [6.07, 6.45) is 6.48. The molecule has 2 aliphatic rings. The molecule has 0 spiro atoms. The Balaban J connectivity index is 2.08. The second kappa shape index (κ2) is 5.38. The lowest BCUT2D eigenvalue weighted by atomic mass is 10.0. The van der Waals surface area contributed by atoms with E-state index < -0.39 is 0 Å². The average molecular weight is 238 g/mol. The van der Waals surface area contributed by atoms with E-state index in [4.69, 9.17) is 0 Å². The smallest absolute Gasteiger partial charge is 0.241 e.